The van der Waals surface area contributed by atoms with E-state index in [0.717, 1.165) is 12.6 Å². The molecule has 98 valence electrons. The Kier molecular flexibility index (Phi) is 2.52. The molecule has 4 rings (SSSR count). The topological polar surface area (TPSA) is 19.0 Å². The fourth-order valence-corrected chi connectivity index (χ4v) is 3.65. The Labute approximate surface area is 114 Å². The minimum atomic E-state index is 0.787. The van der Waals surface area contributed by atoms with Crippen LogP contribution in [0.4, 0.5) is 0 Å². The Morgan fingerprint density at radius 2 is 2.26 bits per heavy atom. The predicted molar refractivity (Wildman–Crippen MR) is 80.2 cm³/mol. The van der Waals surface area contributed by atoms with Crippen molar-refractivity contribution < 1.29 is 0 Å². The van der Waals surface area contributed by atoms with Crippen molar-refractivity contribution in [3.05, 3.63) is 41.6 Å². The second kappa shape index (κ2) is 4.24. The summed E-state index contributed by atoms with van der Waals surface area (Å²) in [7, 11) is 0. The predicted octanol–water partition coefficient (Wildman–Crippen LogP) is 3.73. The van der Waals surface area contributed by atoms with Crippen molar-refractivity contribution in [1.29, 1.82) is 0 Å². The van der Waals surface area contributed by atoms with E-state index in [4.69, 9.17) is 0 Å². The summed E-state index contributed by atoms with van der Waals surface area (Å²) in [5.74, 6) is 0. The number of aromatic amines is 1. The van der Waals surface area contributed by atoms with Crippen molar-refractivity contribution in [3.63, 3.8) is 0 Å². The van der Waals surface area contributed by atoms with Gasteiger partial charge in [0.1, 0.15) is 0 Å². The van der Waals surface area contributed by atoms with Crippen LogP contribution in [0.2, 0.25) is 0 Å². The van der Waals surface area contributed by atoms with E-state index in [2.05, 4.69) is 47.3 Å². The van der Waals surface area contributed by atoms with Crippen LogP contribution in [0.1, 0.15) is 30.4 Å². The van der Waals surface area contributed by atoms with E-state index in [1.165, 1.54) is 47.8 Å². The lowest BCUT2D eigenvalue weighted by molar-refractivity contribution is 0.275. The summed E-state index contributed by atoms with van der Waals surface area (Å²) in [5.41, 5.74) is 5.56. The van der Waals surface area contributed by atoms with Crippen LogP contribution >= 0.6 is 0 Å². The Hall–Kier alpha value is -1.54. The molecular formula is C17H20N2. The molecule has 1 atom stereocenters. The molecule has 0 aliphatic carbocycles. The maximum absolute atomic E-state index is 3.42. The van der Waals surface area contributed by atoms with Gasteiger partial charge in [0.15, 0.2) is 0 Å². The largest absolute Gasteiger partial charge is 0.361 e. The van der Waals surface area contributed by atoms with Crippen molar-refractivity contribution >= 4 is 16.5 Å². The number of nitrogens with one attached hydrogen (secondary N) is 1. The molecule has 2 heteroatoms. The van der Waals surface area contributed by atoms with Gasteiger partial charge in [-0.05, 0) is 50.4 Å². The molecule has 1 N–H and O–H groups in total. The molecular weight excluding hydrogens is 232 g/mol. The molecule has 0 saturated carbocycles. The van der Waals surface area contributed by atoms with Gasteiger partial charge in [0.2, 0.25) is 0 Å². The van der Waals surface area contributed by atoms with Crippen LogP contribution in [0.15, 0.2) is 30.5 Å². The molecule has 2 aliphatic rings. The standard InChI is InChI=1S/C17H20N2/c1-12-4-5-17-15(9-12)16(11-18-17)13-6-8-19-7-2-3-14(19)10-13/h4-6,9,11,14,18H,2-3,7-8,10H2,1H3/t14-/m0/s1. The van der Waals surface area contributed by atoms with Crippen molar-refractivity contribution in [3.8, 4) is 0 Å². The average Bonchev–Trinajstić information content (AvgIpc) is 3.03. The lowest BCUT2D eigenvalue weighted by Crippen LogP contribution is -2.32. The molecule has 0 spiro atoms. The summed E-state index contributed by atoms with van der Waals surface area (Å²) in [6.45, 7) is 4.60. The molecule has 1 saturated heterocycles. The number of hydrogen-bond donors (Lipinski definition) is 1. The number of aromatic nitrogens is 1. The molecule has 19 heavy (non-hydrogen) atoms. The van der Waals surface area contributed by atoms with Crippen LogP contribution in [0.3, 0.4) is 0 Å². The van der Waals surface area contributed by atoms with Gasteiger partial charge in [0.05, 0.1) is 0 Å². The highest BCUT2D eigenvalue weighted by atomic mass is 15.2. The molecule has 0 unspecified atom stereocenters. The molecule has 1 aromatic heterocycles. The Morgan fingerprint density at radius 1 is 1.32 bits per heavy atom. The maximum atomic E-state index is 3.42. The first-order chi connectivity index (χ1) is 9.31. The lowest BCUT2D eigenvalue weighted by atomic mass is 9.93. The second-order valence-corrected chi connectivity index (χ2v) is 5.98. The zero-order valence-corrected chi connectivity index (χ0v) is 11.4. The van der Waals surface area contributed by atoms with E-state index in [-0.39, 0.29) is 0 Å². The van der Waals surface area contributed by atoms with Crippen LogP contribution in [-0.2, 0) is 0 Å². The van der Waals surface area contributed by atoms with Gasteiger partial charge in [-0.15, -0.1) is 0 Å². The summed E-state index contributed by atoms with van der Waals surface area (Å²) in [6, 6.07) is 7.47. The first-order valence-corrected chi connectivity index (χ1v) is 7.32. The minimum Gasteiger partial charge on any atom is -0.361 e. The Morgan fingerprint density at radius 3 is 3.21 bits per heavy atom. The molecule has 1 fully saturated rings. The second-order valence-electron chi connectivity index (χ2n) is 5.98. The number of fused-ring (bicyclic) bond motifs is 2. The third kappa shape index (κ3) is 1.82. The zero-order chi connectivity index (χ0) is 12.8. The number of H-pyrrole nitrogens is 1. The highest BCUT2D eigenvalue weighted by molar-refractivity contribution is 5.93. The smallest absolute Gasteiger partial charge is 0.0460 e. The van der Waals surface area contributed by atoms with E-state index in [1.54, 1.807) is 5.57 Å². The van der Waals surface area contributed by atoms with Crippen LogP contribution in [0, 0.1) is 6.92 Å². The molecule has 0 bridgehead atoms. The van der Waals surface area contributed by atoms with Gasteiger partial charge in [-0.3, -0.25) is 4.90 Å². The number of nitrogens with zero attached hydrogens (tertiary/aromatic N) is 1. The maximum Gasteiger partial charge on any atom is 0.0460 e. The van der Waals surface area contributed by atoms with E-state index in [1.807, 2.05) is 0 Å². The monoisotopic (exact) mass is 252 g/mol. The van der Waals surface area contributed by atoms with Gasteiger partial charge in [-0.2, -0.15) is 0 Å². The van der Waals surface area contributed by atoms with Gasteiger partial charge in [-0.25, -0.2) is 0 Å². The van der Waals surface area contributed by atoms with Crippen LogP contribution in [0.25, 0.3) is 16.5 Å². The summed E-state index contributed by atoms with van der Waals surface area (Å²) in [6.07, 6.45) is 8.60. The first-order valence-electron chi connectivity index (χ1n) is 7.32. The van der Waals surface area contributed by atoms with Crippen molar-refractivity contribution in [1.82, 2.24) is 9.88 Å². The van der Waals surface area contributed by atoms with E-state index < -0.39 is 0 Å². The third-order valence-electron chi connectivity index (χ3n) is 4.71. The quantitative estimate of drug-likeness (QED) is 0.819. The van der Waals surface area contributed by atoms with Crippen molar-refractivity contribution in [2.75, 3.05) is 13.1 Å². The average molecular weight is 252 g/mol. The Bertz CT molecular complexity index is 650. The summed E-state index contributed by atoms with van der Waals surface area (Å²) in [4.78, 5) is 6.05. The minimum absolute atomic E-state index is 0.787. The molecule has 2 aliphatic heterocycles. The van der Waals surface area contributed by atoms with Crippen molar-refractivity contribution in [2.45, 2.75) is 32.2 Å². The highest BCUT2D eigenvalue weighted by Gasteiger charge is 2.28. The van der Waals surface area contributed by atoms with Gasteiger partial charge in [0, 0.05) is 35.2 Å². The van der Waals surface area contributed by atoms with Crippen LogP contribution in [-0.4, -0.2) is 29.0 Å². The number of aryl methyl sites for hydroxylation is 1. The third-order valence-corrected chi connectivity index (χ3v) is 4.71. The zero-order valence-electron chi connectivity index (χ0n) is 11.4. The SMILES string of the molecule is Cc1ccc2[nH]cc(C3=CCN4CCC[C@H]4C3)c2c1. The van der Waals surface area contributed by atoms with E-state index in [0.29, 0.717) is 0 Å². The van der Waals surface area contributed by atoms with E-state index in [9.17, 15) is 0 Å². The molecule has 3 heterocycles. The van der Waals surface area contributed by atoms with Gasteiger partial charge in [0.25, 0.3) is 0 Å². The summed E-state index contributed by atoms with van der Waals surface area (Å²) >= 11 is 0. The molecule has 2 nitrogen and oxygen atoms in total. The normalized spacial score (nSPS) is 23.6. The van der Waals surface area contributed by atoms with E-state index >= 15 is 0 Å². The molecule has 2 aromatic rings. The van der Waals surface area contributed by atoms with Gasteiger partial charge < -0.3 is 4.98 Å². The Balaban J connectivity index is 1.76. The number of hydrogen-bond acceptors (Lipinski definition) is 1. The fourth-order valence-electron chi connectivity index (χ4n) is 3.65. The summed E-state index contributed by atoms with van der Waals surface area (Å²) in [5, 5.41) is 1.39. The highest BCUT2D eigenvalue weighted by Crippen LogP contribution is 2.35. The first kappa shape index (κ1) is 11.3. The molecule has 0 amide bonds. The number of rotatable bonds is 1. The van der Waals surface area contributed by atoms with Crippen LogP contribution in [0.5, 0.6) is 0 Å². The van der Waals surface area contributed by atoms with Gasteiger partial charge in [-0.1, -0.05) is 17.7 Å². The summed E-state index contributed by atoms with van der Waals surface area (Å²) < 4.78 is 0. The molecule has 1 aromatic carbocycles. The number of benzene rings is 1. The fraction of sp³-hybridized carbons (Fsp3) is 0.412. The van der Waals surface area contributed by atoms with Crippen molar-refractivity contribution in [2.24, 2.45) is 0 Å². The van der Waals surface area contributed by atoms with Crippen LogP contribution < -0.4 is 0 Å². The van der Waals surface area contributed by atoms with Gasteiger partial charge >= 0.3 is 0 Å². The lowest BCUT2D eigenvalue weighted by Gasteiger charge is -2.29. The molecule has 0 radical (unpaired) electrons.